The van der Waals surface area contributed by atoms with Gasteiger partial charge in [-0.15, -0.1) is 0 Å². The first kappa shape index (κ1) is 11.7. The number of fused-ring (bicyclic) bond motifs is 1. The lowest BCUT2D eigenvalue weighted by Gasteiger charge is -2.04. The van der Waals surface area contributed by atoms with E-state index in [1.165, 1.54) is 0 Å². The van der Waals surface area contributed by atoms with E-state index in [2.05, 4.69) is 0 Å². The molecule has 2 heteroatoms. The summed E-state index contributed by atoms with van der Waals surface area (Å²) in [4.78, 5) is 12.5. The molecule has 0 aromatic heterocycles. The van der Waals surface area contributed by atoms with E-state index in [0.717, 1.165) is 28.7 Å². The second-order valence-electron chi connectivity index (χ2n) is 4.63. The molecule has 0 aliphatic heterocycles. The molecule has 1 aliphatic carbocycles. The van der Waals surface area contributed by atoms with Gasteiger partial charge in [-0.2, -0.15) is 0 Å². The van der Waals surface area contributed by atoms with Gasteiger partial charge in [-0.25, -0.2) is 0 Å². The summed E-state index contributed by atoms with van der Waals surface area (Å²) in [6.45, 7) is 2.05. The van der Waals surface area contributed by atoms with Gasteiger partial charge >= 0.3 is 0 Å². The molecule has 0 fully saturated rings. The fourth-order valence-electron chi connectivity index (χ4n) is 2.67. The van der Waals surface area contributed by atoms with Gasteiger partial charge in [-0.1, -0.05) is 43.3 Å². The van der Waals surface area contributed by atoms with E-state index in [9.17, 15) is 9.90 Å². The summed E-state index contributed by atoms with van der Waals surface area (Å²) in [6.07, 6.45) is 0.799. The van der Waals surface area contributed by atoms with E-state index >= 15 is 0 Å². The fourth-order valence-corrected chi connectivity index (χ4v) is 2.67. The number of allylic oxidation sites excluding steroid dienone is 2. The van der Waals surface area contributed by atoms with Gasteiger partial charge in [0.05, 0.1) is 0 Å². The Kier molecular flexibility index (Phi) is 2.71. The number of carbonyl (C=O) groups excluding carboxylic acids is 1. The van der Waals surface area contributed by atoms with E-state index in [1.54, 1.807) is 12.1 Å². The van der Waals surface area contributed by atoms with Crippen molar-refractivity contribution in [2.24, 2.45) is 0 Å². The molecule has 0 bridgehead atoms. The number of aromatic hydroxyl groups is 1. The number of Topliss-reactive ketones (excluding diaryl/α,β-unsaturated/α-hetero) is 1. The second kappa shape index (κ2) is 4.39. The lowest BCUT2D eigenvalue weighted by atomic mass is 9.98. The third kappa shape index (κ3) is 1.76. The molecule has 0 saturated carbocycles. The highest BCUT2D eigenvalue weighted by atomic mass is 16.3. The zero-order valence-electron chi connectivity index (χ0n) is 10.7. The van der Waals surface area contributed by atoms with Gasteiger partial charge in [0.2, 0.25) is 0 Å². The molecule has 2 aromatic carbocycles. The van der Waals surface area contributed by atoms with E-state index in [0.29, 0.717) is 5.56 Å². The Balaban J connectivity index is 2.23. The van der Waals surface area contributed by atoms with Crippen LogP contribution in [0.2, 0.25) is 0 Å². The van der Waals surface area contributed by atoms with Crippen molar-refractivity contribution in [1.82, 2.24) is 0 Å². The van der Waals surface area contributed by atoms with Crippen LogP contribution < -0.4 is 0 Å². The van der Waals surface area contributed by atoms with Crippen LogP contribution in [0, 0.1) is 0 Å². The zero-order valence-corrected chi connectivity index (χ0v) is 10.7. The first-order chi connectivity index (χ1) is 9.22. The van der Waals surface area contributed by atoms with Crippen LogP contribution in [0.5, 0.6) is 5.75 Å². The van der Waals surface area contributed by atoms with Crippen LogP contribution in [0.4, 0.5) is 0 Å². The summed E-state index contributed by atoms with van der Waals surface area (Å²) in [5, 5.41) is 9.56. The summed E-state index contributed by atoms with van der Waals surface area (Å²) < 4.78 is 0. The summed E-state index contributed by atoms with van der Waals surface area (Å²) >= 11 is 0. The zero-order chi connectivity index (χ0) is 13.4. The van der Waals surface area contributed by atoms with Gasteiger partial charge in [0.1, 0.15) is 5.75 Å². The average molecular weight is 250 g/mol. The van der Waals surface area contributed by atoms with Crippen molar-refractivity contribution in [1.29, 1.82) is 0 Å². The predicted molar refractivity (Wildman–Crippen MR) is 76.0 cm³/mol. The summed E-state index contributed by atoms with van der Waals surface area (Å²) in [7, 11) is 0. The summed E-state index contributed by atoms with van der Waals surface area (Å²) in [6, 6.07) is 14.7. The van der Waals surface area contributed by atoms with E-state index in [1.807, 2.05) is 43.3 Å². The maximum Gasteiger partial charge on any atom is 0.194 e. The van der Waals surface area contributed by atoms with Crippen LogP contribution in [0.25, 0.3) is 11.1 Å². The number of rotatable bonds is 2. The first-order valence-electron chi connectivity index (χ1n) is 6.39. The number of ketones is 1. The predicted octanol–water partition coefficient (Wildman–Crippen LogP) is 3.91. The van der Waals surface area contributed by atoms with Crippen LogP contribution >= 0.6 is 0 Å². The Hall–Kier alpha value is -2.35. The third-order valence-corrected chi connectivity index (χ3v) is 3.52. The Labute approximate surface area is 112 Å². The summed E-state index contributed by atoms with van der Waals surface area (Å²) in [5.74, 6) is 0.144. The minimum Gasteiger partial charge on any atom is -0.508 e. The van der Waals surface area contributed by atoms with Gasteiger partial charge in [-0.3, -0.25) is 4.79 Å². The monoisotopic (exact) mass is 250 g/mol. The fraction of sp³-hybridized carbons (Fsp3) is 0.118. The summed E-state index contributed by atoms with van der Waals surface area (Å²) in [5.41, 5.74) is 4.33. The number of hydrogen-bond donors (Lipinski definition) is 1. The van der Waals surface area contributed by atoms with E-state index < -0.39 is 0 Å². The van der Waals surface area contributed by atoms with Gasteiger partial charge in [0, 0.05) is 11.1 Å². The SMILES string of the molecule is CCC1=C(c2ccccc2)C(=O)c2cc(O)ccc21. The molecular weight excluding hydrogens is 236 g/mol. The molecule has 0 radical (unpaired) electrons. The number of phenolic OH excluding ortho intramolecular Hbond substituents is 1. The minimum atomic E-state index is 0.00829. The lowest BCUT2D eigenvalue weighted by Crippen LogP contribution is -1.98. The maximum absolute atomic E-state index is 12.5. The molecule has 1 aliphatic rings. The molecule has 2 aromatic rings. The van der Waals surface area contributed by atoms with E-state index in [4.69, 9.17) is 0 Å². The number of hydrogen-bond acceptors (Lipinski definition) is 2. The Bertz CT molecular complexity index is 682. The standard InChI is InChI=1S/C17H14O2/c1-2-13-14-9-8-12(18)10-15(14)17(19)16(13)11-6-4-3-5-7-11/h3-10,18H,2H2,1H3. The molecule has 1 N–H and O–H groups in total. The molecule has 94 valence electrons. The van der Waals surface area contributed by atoms with Gasteiger partial charge in [-0.05, 0) is 35.3 Å². The van der Waals surface area contributed by atoms with Crippen LogP contribution in [-0.2, 0) is 0 Å². The van der Waals surface area contributed by atoms with Crippen molar-refractivity contribution in [3.05, 3.63) is 65.2 Å². The highest BCUT2D eigenvalue weighted by molar-refractivity contribution is 6.39. The number of carbonyl (C=O) groups is 1. The van der Waals surface area contributed by atoms with Crippen molar-refractivity contribution in [2.45, 2.75) is 13.3 Å². The molecule has 2 nitrogen and oxygen atoms in total. The molecule has 0 spiro atoms. The van der Waals surface area contributed by atoms with Crippen molar-refractivity contribution in [3.8, 4) is 5.75 Å². The molecule has 0 amide bonds. The molecule has 0 unspecified atom stereocenters. The molecular formula is C17H14O2. The Morgan fingerprint density at radius 3 is 2.42 bits per heavy atom. The smallest absolute Gasteiger partial charge is 0.194 e. The number of phenols is 1. The molecule has 3 rings (SSSR count). The minimum absolute atomic E-state index is 0.00829. The lowest BCUT2D eigenvalue weighted by molar-refractivity contribution is 0.105. The van der Waals surface area contributed by atoms with Crippen molar-refractivity contribution in [3.63, 3.8) is 0 Å². The Morgan fingerprint density at radius 2 is 1.74 bits per heavy atom. The molecule has 0 saturated heterocycles. The third-order valence-electron chi connectivity index (χ3n) is 3.52. The topological polar surface area (TPSA) is 37.3 Å². The van der Waals surface area contributed by atoms with Crippen molar-refractivity contribution in [2.75, 3.05) is 0 Å². The second-order valence-corrected chi connectivity index (χ2v) is 4.63. The maximum atomic E-state index is 12.5. The van der Waals surface area contributed by atoms with Crippen molar-refractivity contribution >= 4 is 16.9 Å². The van der Waals surface area contributed by atoms with Gasteiger partial charge < -0.3 is 5.11 Å². The van der Waals surface area contributed by atoms with Crippen LogP contribution in [0.15, 0.2) is 48.5 Å². The van der Waals surface area contributed by atoms with Gasteiger partial charge in [0.15, 0.2) is 5.78 Å². The number of benzene rings is 2. The quantitative estimate of drug-likeness (QED) is 0.877. The van der Waals surface area contributed by atoms with Crippen LogP contribution in [0.1, 0.15) is 34.8 Å². The van der Waals surface area contributed by atoms with Crippen molar-refractivity contribution < 1.29 is 9.90 Å². The average Bonchev–Trinajstić information content (AvgIpc) is 2.72. The molecule has 0 atom stereocenters. The normalized spacial score (nSPS) is 13.8. The van der Waals surface area contributed by atoms with E-state index in [-0.39, 0.29) is 11.5 Å². The van der Waals surface area contributed by atoms with Gasteiger partial charge in [0.25, 0.3) is 0 Å². The first-order valence-corrected chi connectivity index (χ1v) is 6.39. The molecule has 0 heterocycles. The van der Waals surface area contributed by atoms with Crippen LogP contribution in [-0.4, -0.2) is 10.9 Å². The highest BCUT2D eigenvalue weighted by Gasteiger charge is 2.29. The molecule has 19 heavy (non-hydrogen) atoms. The largest absolute Gasteiger partial charge is 0.508 e. The highest BCUT2D eigenvalue weighted by Crippen LogP contribution is 2.40. The van der Waals surface area contributed by atoms with Crippen LogP contribution in [0.3, 0.4) is 0 Å². The Morgan fingerprint density at radius 1 is 1.00 bits per heavy atom.